The van der Waals surface area contributed by atoms with Crippen LogP contribution in [0.25, 0.3) is 0 Å². The molecule has 29 heavy (non-hydrogen) atoms. The van der Waals surface area contributed by atoms with E-state index >= 15 is 0 Å². The van der Waals surface area contributed by atoms with Gasteiger partial charge in [0.05, 0.1) is 5.92 Å². The molecule has 1 aromatic carbocycles. The van der Waals surface area contributed by atoms with E-state index in [1.807, 2.05) is 4.90 Å². The highest BCUT2D eigenvalue weighted by Gasteiger charge is 2.38. The summed E-state index contributed by atoms with van der Waals surface area (Å²) in [4.78, 5) is 31.7. The minimum atomic E-state index is -0.155. The molecule has 1 atom stereocenters. The average Bonchev–Trinajstić information content (AvgIpc) is 3.42. The van der Waals surface area contributed by atoms with Crippen molar-refractivity contribution in [3.63, 3.8) is 0 Å². The van der Waals surface area contributed by atoms with Crippen molar-refractivity contribution in [2.24, 2.45) is 5.92 Å². The Morgan fingerprint density at radius 1 is 1.03 bits per heavy atom. The molecule has 0 spiro atoms. The van der Waals surface area contributed by atoms with Crippen molar-refractivity contribution >= 4 is 17.5 Å². The minimum Gasteiger partial charge on any atom is -0.369 e. The van der Waals surface area contributed by atoms with Gasteiger partial charge in [-0.1, -0.05) is 31.0 Å². The molecule has 3 aliphatic rings. The first-order valence-corrected chi connectivity index (χ1v) is 11.3. The van der Waals surface area contributed by atoms with Crippen molar-refractivity contribution in [2.45, 2.75) is 44.6 Å². The molecule has 1 N–H and O–H groups in total. The third-order valence-electron chi connectivity index (χ3n) is 6.74. The summed E-state index contributed by atoms with van der Waals surface area (Å²) < 4.78 is 0. The van der Waals surface area contributed by atoms with Gasteiger partial charge in [0, 0.05) is 57.4 Å². The van der Waals surface area contributed by atoms with Gasteiger partial charge in [-0.3, -0.25) is 14.5 Å². The van der Waals surface area contributed by atoms with Crippen LogP contribution >= 0.6 is 0 Å². The fourth-order valence-electron chi connectivity index (χ4n) is 5.00. The van der Waals surface area contributed by atoms with Crippen LogP contribution in [0.15, 0.2) is 30.3 Å². The summed E-state index contributed by atoms with van der Waals surface area (Å²) in [7, 11) is 0. The Morgan fingerprint density at radius 3 is 2.48 bits per heavy atom. The van der Waals surface area contributed by atoms with Crippen LogP contribution < -0.4 is 10.2 Å². The average molecular weight is 399 g/mol. The summed E-state index contributed by atoms with van der Waals surface area (Å²) >= 11 is 0. The normalized spacial score (nSPS) is 23.7. The first-order chi connectivity index (χ1) is 14.2. The van der Waals surface area contributed by atoms with Crippen molar-refractivity contribution in [3.8, 4) is 0 Å². The Morgan fingerprint density at radius 2 is 1.76 bits per heavy atom. The Labute approximate surface area is 174 Å². The van der Waals surface area contributed by atoms with Crippen molar-refractivity contribution in [1.29, 1.82) is 0 Å². The molecule has 0 bridgehead atoms. The van der Waals surface area contributed by atoms with Gasteiger partial charge in [-0.2, -0.15) is 0 Å². The van der Waals surface area contributed by atoms with Crippen molar-refractivity contribution < 1.29 is 9.59 Å². The maximum Gasteiger partial charge on any atom is 0.225 e. The Hall–Kier alpha value is -2.08. The van der Waals surface area contributed by atoms with Crippen LogP contribution in [0.5, 0.6) is 0 Å². The minimum absolute atomic E-state index is 0.0627. The molecular weight excluding hydrogens is 364 g/mol. The van der Waals surface area contributed by atoms with Gasteiger partial charge in [0.25, 0.3) is 0 Å². The van der Waals surface area contributed by atoms with Crippen LogP contribution in [-0.4, -0.2) is 73.5 Å². The third-order valence-corrected chi connectivity index (χ3v) is 6.74. The molecule has 2 heterocycles. The van der Waals surface area contributed by atoms with E-state index in [1.165, 1.54) is 18.5 Å². The fourth-order valence-corrected chi connectivity index (χ4v) is 5.00. The predicted octanol–water partition coefficient (Wildman–Crippen LogP) is 2.11. The van der Waals surface area contributed by atoms with Crippen molar-refractivity contribution in [2.75, 3.05) is 50.7 Å². The van der Waals surface area contributed by atoms with E-state index in [0.717, 1.165) is 52.0 Å². The zero-order valence-corrected chi connectivity index (χ0v) is 17.4. The van der Waals surface area contributed by atoms with E-state index < -0.39 is 0 Å². The maximum absolute atomic E-state index is 12.5. The number of likely N-dealkylation sites (tertiary alicyclic amines) is 1. The fraction of sp³-hybridized carbons (Fsp3) is 0.652. The second-order valence-corrected chi connectivity index (χ2v) is 8.69. The van der Waals surface area contributed by atoms with Crippen LogP contribution in [0, 0.1) is 5.92 Å². The lowest BCUT2D eigenvalue weighted by molar-refractivity contribution is -0.130. The number of hydrogen-bond acceptors (Lipinski definition) is 4. The molecule has 6 nitrogen and oxygen atoms in total. The molecule has 1 aliphatic carbocycles. The standard InChI is InChI=1S/C23H34N4O2/c28-22-17-19(18-27(22)21-9-4-5-10-21)23(29)24-11-6-12-25-13-15-26(16-14-25)20-7-2-1-3-8-20/h1-3,7-8,19,21H,4-6,9-18H2,(H,24,29). The quantitative estimate of drug-likeness (QED) is 0.715. The number of amides is 2. The number of hydrogen-bond donors (Lipinski definition) is 1. The summed E-state index contributed by atoms with van der Waals surface area (Å²) in [6.07, 6.45) is 6.00. The molecule has 0 radical (unpaired) electrons. The summed E-state index contributed by atoms with van der Waals surface area (Å²) in [5.41, 5.74) is 1.30. The van der Waals surface area contributed by atoms with E-state index in [0.29, 0.717) is 25.6 Å². The first-order valence-electron chi connectivity index (χ1n) is 11.3. The van der Waals surface area contributed by atoms with E-state index in [-0.39, 0.29) is 17.7 Å². The molecule has 158 valence electrons. The largest absolute Gasteiger partial charge is 0.369 e. The lowest BCUT2D eigenvalue weighted by Gasteiger charge is -2.36. The van der Waals surface area contributed by atoms with Crippen LogP contribution in [0.4, 0.5) is 5.69 Å². The van der Waals surface area contributed by atoms with Crippen LogP contribution in [0.3, 0.4) is 0 Å². The van der Waals surface area contributed by atoms with Gasteiger partial charge in [-0.25, -0.2) is 0 Å². The number of carbonyl (C=O) groups is 2. The molecule has 6 heteroatoms. The molecule has 2 aliphatic heterocycles. The number of nitrogens with zero attached hydrogens (tertiary/aromatic N) is 3. The Bertz CT molecular complexity index is 681. The molecule has 1 aromatic rings. The van der Waals surface area contributed by atoms with Crippen LogP contribution in [-0.2, 0) is 9.59 Å². The van der Waals surface area contributed by atoms with Gasteiger partial charge in [0.15, 0.2) is 0 Å². The van der Waals surface area contributed by atoms with Crippen LogP contribution in [0.2, 0.25) is 0 Å². The highest BCUT2D eigenvalue weighted by atomic mass is 16.2. The Kier molecular flexibility index (Phi) is 6.70. The predicted molar refractivity (Wildman–Crippen MR) is 115 cm³/mol. The molecule has 1 saturated carbocycles. The monoisotopic (exact) mass is 398 g/mol. The van der Waals surface area contributed by atoms with Gasteiger partial charge in [0.2, 0.25) is 11.8 Å². The van der Waals surface area contributed by atoms with Gasteiger partial charge >= 0.3 is 0 Å². The number of rotatable bonds is 7. The molecule has 3 fully saturated rings. The zero-order valence-electron chi connectivity index (χ0n) is 17.4. The Balaban J connectivity index is 1.12. The maximum atomic E-state index is 12.5. The second-order valence-electron chi connectivity index (χ2n) is 8.69. The van der Waals surface area contributed by atoms with Crippen LogP contribution in [0.1, 0.15) is 38.5 Å². The molecule has 4 rings (SSSR count). The summed E-state index contributed by atoms with van der Waals surface area (Å²) in [6.45, 7) is 6.57. The van der Waals surface area contributed by atoms with E-state index in [2.05, 4.69) is 45.4 Å². The van der Waals surface area contributed by atoms with E-state index in [1.54, 1.807) is 0 Å². The smallest absolute Gasteiger partial charge is 0.225 e. The molecular formula is C23H34N4O2. The number of anilines is 1. The molecule has 2 saturated heterocycles. The molecule has 2 amide bonds. The topological polar surface area (TPSA) is 55.9 Å². The van der Waals surface area contributed by atoms with E-state index in [9.17, 15) is 9.59 Å². The SMILES string of the molecule is O=C(NCCCN1CCN(c2ccccc2)CC1)C1CC(=O)N(C2CCCC2)C1. The van der Waals surface area contributed by atoms with Gasteiger partial charge in [0.1, 0.15) is 0 Å². The van der Waals surface area contributed by atoms with Gasteiger partial charge < -0.3 is 15.1 Å². The number of nitrogens with one attached hydrogen (secondary N) is 1. The lowest BCUT2D eigenvalue weighted by Crippen LogP contribution is -2.47. The summed E-state index contributed by atoms with van der Waals surface area (Å²) in [5.74, 6) is 0.0820. The number of para-hydroxylation sites is 1. The number of benzene rings is 1. The summed E-state index contributed by atoms with van der Waals surface area (Å²) in [5, 5.41) is 3.08. The van der Waals surface area contributed by atoms with Gasteiger partial charge in [-0.15, -0.1) is 0 Å². The molecule has 1 unspecified atom stereocenters. The summed E-state index contributed by atoms with van der Waals surface area (Å²) in [6, 6.07) is 11.0. The number of piperazine rings is 1. The van der Waals surface area contributed by atoms with E-state index in [4.69, 9.17) is 0 Å². The highest BCUT2D eigenvalue weighted by molar-refractivity contribution is 5.89. The number of carbonyl (C=O) groups excluding carboxylic acids is 2. The first kappa shape index (κ1) is 20.2. The zero-order chi connectivity index (χ0) is 20.1. The third kappa shape index (κ3) is 5.10. The van der Waals surface area contributed by atoms with Crippen molar-refractivity contribution in [1.82, 2.24) is 15.1 Å². The lowest BCUT2D eigenvalue weighted by atomic mass is 10.1. The second kappa shape index (κ2) is 9.61. The molecule has 0 aromatic heterocycles. The highest BCUT2D eigenvalue weighted by Crippen LogP contribution is 2.29. The van der Waals surface area contributed by atoms with Crippen molar-refractivity contribution in [3.05, 3.63) is 30.3 Å². The van der Waals surface area contributed by atoms with Gasteiger partial charge in [-0.05, 0) is 37.9 Å².